The average molecular weight is 695 g/mol. The number of nitrogens with one attached hydrogen (secondary N) is 3. The molecule has 2 aromatic heterocycles. The Labute approximate surface area is 300 Å². The van der Waals surface area contributed by atoms with Crippen LogP contribution in [0.5, 0.6) is 11.5 Å². The summed E-state index contributed by atoms with van der Waals surface area (Å²) >= 11 is 0. The molecule has 4 heterocycles. The lowest BCUT2D eigenvalue weighted by Crippen LogP contribution is -2.30. The zero-order chi connectivity index (χ0) is 35.9. The van der Waals surface area contributed by atoms with Gasteiger partial charge in [0.2, 0.25) is 11.6 Å². The van der Waals surface area contributed by atoms with Gasteiger partial charge in [-0.3, -0.25) is 9.59 Å². The Morgan fingerprint density at radius 2 is 1.35 bits per heavy atom. The van der Waals surface area contributed by atoms with Crippen LogP contribution in [-0.2, 0) is 31.9 Å². The third kappa shape index (κ3) is 5.62. The number of hydrogen-bond donors (Lipinski definition) is 3. The van der Waals surface area contributed by atoms with E-state index in [1.54, 1.807) is 38.5 Å². The molecule has 0 fully saturated rings. The highest BCUT2D eigenvalue weighted by Crippen LogP contribution is 2.39. The molecule has 4 aromatic rings. The van der Waals surface area contributed by atoms with Gasteiger partial charge < -0.3 is 39.1 Å². The number of fused-ring (bicyclic) bond motifs is 6. The van der Waals surface area contributed by atoms with E-state index in [9.17, 15) is 9.59 Å². The molecule has 2 aromatic carbocycles. The number of benzene rings is 2. The van der Waals surface area contributed by atoms with Crippen molar-refractivity contribution in [3.05, 3.63) is 142 Å². The summed E-state index contributed by atoms with van der Waals surface area (Å²) in [6.45, 7) is 1.40. The van der Waals surface area contributed by atoms with Crippen LogP contribution >= 0.6 is 0 Å². The lowest BCUT2D eigenvalue weighted by Gasteiger charge is -2.34. The number of ether oxygens (including phenoxy) is 4. The summed E-state index contributed by atoms with van der Waals surface area (Å²) in [7, 11) is 6.32. The first kappa shape index (κ1) is 32.8. The van der Waals surface area contributed by atoms with Crippen LogP contribution in [0.2, 0.25) is 0 Å². The number of methoxy groups -OCH3 is 4. The van der Waals surface area contributed by atoms with E-state index < -0.39 is 0 Å². The molecule has 0 amide bonds. The highest BCUT2D eigenvalue weighted by Gasteiger charge is 2.30. The van der Waals surface area contributed by atoms with Gasteiger partial charge in [0.25, 0.3) is 0 Å². The van der Waals surface area contributed by atoms with Crippen molar-refractivity contribution in [2.75, 3.05) is 41.5 Å². The van der Waals surface area contributed by atoms with E-state index in [4.69, 9.17) is 18.9 Å². The predicted octanol–water partition coefficient (Wildman–Crippen LogP) is 6.57. The van der Waals surface area contributed by atoms with Crippen LogP contribution in [0.3, 0.4) is 0 Å². The fraction of sp³-hybridized carbons (Fsp3) is 0.190. The maximum Gasteiger partial charge on any atom is 0.227 e. The molecule has 3 N–H and O–H groups in total. The van der Waals surface area contributed by atoms with E-state index in [1.165, 1.54) is 25.3 Å². The van der Waals surface area contributed by atoms with Gasteiger partial charge in [-0.05, 0) is 84.7 Å². The molecule has 0 spiro atoms. The Morgan fingerprint density at radius 3 is 2.04 bits per heavy atom. The molecule has 10 nitrogen and oxygen atoms in total. The Morgan fingerprint density at radius 1 is 0.692 bits per heavy atom. The highest BCUT2D eigenvalue weighted by molar-refractivity contribution is 6.11. The SMILES string of the molecule is COC1=CC(N2CCc3c([nH]c4cc(OC)ccc34)/C2=C\C=C2/C=CC=C(OC)C2=O)=C/C(=C\C=C2\NCCc3c2[nH]c2cc(OC)ccc32)C1=O. The third-order valence-electron chi connectivity index (χ3n) is 10.00. The zero-order valence-corrected chi connectivity index (χ0v) is 29.4. The number of rotatable bonds is 7. The molecule has 0 atom stereocenters. The molecular weight excluding hydrogens is 656 g/mol. The molecule has 2 aliphatic heterocycles. The monoisotopic (exact) mass is 694 g/mol. The summed E-state index contributed by atoms with van der Waals surface area (Å²) in [6.07, 6.45) is 18.1. The quantitative estimate of drug-likeness (QED) is 0.186. The number of carbonyl (C=O) groups excluding carboxylic acids is 2. The summed E-state index contributed by atoms with van der Waals surface area (Å²) in [5, 5.41) is 5.77. The second-order valence-corrected chi connectivity index (χ2v) is 12.8. The van der Waals surface area contributed by atoms with Crippen molar-refractivity contribution in [2.24, 2.45) is 0 Å². The first-order valence-corrected chi connectivity index (χ1v) is 17.1. The second-order valence-electron chi connectivity index (χ2n) is 12.8. The fourth-order valence-corrected chi connectivity index (χ4v) is 7.37. The van der Waals surface area contributed by atoms with Crippen molar-refractivity contribution >= 4 is 44.8 Å². The average Bonchev–Trinajstić information content (AvgIpc) is 3.75. The standard InChI is InChI=1S/C42H38N4O6/c1-49-27-10-12-29-31-16-18-43-33(39(31)44-34(29)22-27)14-8-25-20-26(21-38(52-4)42(25)48)46-19-17-32-30-13-11-28(50-2)23-35(30)45-40(32)36(46)15-9-24-6-5-7-37(51-3)41(24)47/h5-15,20-23,43-45H,16-19H2,1-4H3/b24-9+,25-8+,33-14+,36-15+. The summed E-state index contributed by atoms with van der Waals surface area (Å²) in [4.78, 5) is 36.1. The van der Waals surface area contributed by atoms with E-state index in [1.807, 2.05) is 54.6 Å². The van der Waals surface area contributed by atoms with Gasteiger partial charge in [-0.25, -0.2) is 0 Å². The zero-order valence-electron chi connectivity index (χ0n) is 29.4. The third-order valence-corrected chi connectivity index (χ3v) is 10.00. The normalized spacial score (nSPS) is 20.2. The van der Waals surface area contributed by atoms with Crippen LogP contribution in [-0.4, -0.2) is 68.0 Å². The topological polar surface area (TPSA) is 118 Å². The van der Waals surface area contributed by atoms with Crippen molar-refractivity contribution < 1.29 is 28.5 Å². The van der Waals surface area contributed by atoms with Crippen LogP contribution in [0.1, 0.15) is 22.5 Å². The van der Waals surface area contributed by atoms with E-state index in [0.29, 0.717) is 17.7 Å². The molecular formula is C42H38N4O6. The minimum Gasteiger partial charge on any atom is -0.497 e. The predicted molar refractivity (Wildman–Crippen MR) is 201 cm³/mol. The minimum absolute atomic E-state index is 0.193. The van der Waals surface area contributed by atoms with E-state index in [-0.39, 0.29) is 23.1 Å². The molecule has 2 aliphatic carbocycles. The Balaban J connectivity index is 1.22. The van der Waals surface area contributed by atoms with Gasteiger partial charge in [-0.2, -0.15) is 0 Å². The molecule has 262 valence electrons. The molecule has 0 unspecified atom stereocenters. The van der Waals surface area contributed by atoms with Crippen LogP contribution in [0.25, 0.3) is 33.2 Å². The first-order valence-electron chi connectivity index (χ1n) is 17.1. The maximum atomic E-state index is 13.7. The molecule has 8 rings (SSSR count). The Bertz CT molecular complexity index is 2430. The van der Waals surface area contributed by atoms with Crippen LogP contribution in [0.15, 0.2) is 119 Å². The van der Waals surface area contributed by atoms with Gasteiger partial charge in [0.05, 0.1) is 51.2 Å². The number of aromatic amines is 2. The molecule has 52 heavy (non-hydrogen) atoms. The largest absolute Gasteiger partial charge is 0.497 e. The van der Waals surface area contributed by atoms with E-state index in [0.717, 1.165) is 81.2 Å². The molecule has 0 saturated heterocycles. The van der Waals surface area contributed by atoms with Crippen LogP contribution in [0, 0.1) is 0 Å². The highest BCUT2D eigenvalue weighted by atomic mass is 16.5. The van der Waals surface area contributed by atoms with Crippen LogP contribution < -0.4 is 14.8 Å². The van der Waals surface area contributed by atoms with Crippen molar-refractivity contribution in [3.8, 4) is 11.5 Å². The number of allylic oxidation sites excluding steroid dienone is 11. The summed E-state index contributed by atoms with van der Waals surface area (Å²) < 4.78 is 21.9. The molecule has 4 aliphatic rings. The maximum absolute atomic E-state index is 13.7. The van der Waals surface area contributed by atoms with Crippen molar-refractivity contribution in [3.63, 3.8) is 0 Å². The van der Waals surface area contributed by atoms with Gasteiger partial charge in [0, 0.05) is 69.9 Å². The smallest absolute Gasteiger partial charge is 0.227 e. The molecule has 0 saturated carbocycles. The number of ketones is 2. The summed E-state index contributed by atoms with van der Waals surface area (Å²) in [5.74, 6) is 1.66. The molecule has 10 heteroatoms. The summed E-state index contributed by atoms with van der Waals surface area (Å²) in [5.41, 5.74) is 9.78. The fourth-order valence-electron chi connectivity index (χ4n) is 7.37. The van der Waals surface area contributed by atoms with E-state index in [2.05, 4.69) is 32.3 Å². The van der Waals surface area contributed by atoms with Crippen molar-refractivity contribution in [2.45, 2.75) is 12.8 Å². The number of H-pyrrole nitrogens is 2. The van der Waals surface area contributed by atoms with Crippen LogP contribution in [0.4, 0.5) is 0 Å². The van der Waals surface area contributed by atoms with E-state index >= 15 is 0 Å². The van der Waals surface area contributed by atoms with Gasteiger partial charge in [0.1, 0.15) is 11.5 Å². The van der Waals surface area contributed by atoms with Crippen molar-refractivity contribution in [1.82, 2.24) is 20.2 Å². The number of Topliss-reactive ketones (excluding diaryl/α,β-unsaturated/α-hetero) is 2. The lowest BCUT2D eigenvalue weighted by molar-refractivity contribution is -0.115. The number of nitrogens with zero attached hydrogens (tertiary/aromatic N) is 1. The number of carbonyl (C=O) groups is 2. The summed E-state index contributed by atoms with van der Waals surface area (Å²) in [6, 6.07) is 12.1. The molecule has 0 bridgehead atoms. The van der Waals surface area contributed by atoms with Gasteiger partial charge in [-0.1, -0.05) is 12.2 Å². The van der Waals surface area contributed by atoms with Gasteiger partial charge >= 0.3 is 0 Å². The number of hydrogen-bond acceptors (Lipinski definition) is 8. The molecule has 0 radical (unpaired) electrons. The number of aromatic nitrogens is 2. The lowest BCUT2D eigenvalue weighted by atomic mass is 9.95. The first-order chi connectivity index (χ1) is 25.4. The Kier molecular flexibility index (Phi) is 8.42. The van der Waals surface area contributed by atoms with Gasteiger partial charge in [-0.15, -0.1) is 0 Å². The Hall–Kier alpha value is -6.42. The van der Waals surface area contributed by atoms with Crippen molar-refractivity contribution in [1.29, 1.82) is 0 Å². The second kappa shape index (κ2) is 13.4. The minimum atomic E-state index is -0.208. The van der Waals surface area contributed by atoms with Gasteiger partial charge in [0.15, 0.2) is 11.5 Å².